The van der Waals surface area contributed by atoms with Crippen molar-refractivity contribution in [1.29, 1.82) is 0 Å². The number of aromatic nitrogens is 1. The molecule has 0 aliphatic carbocycles. The third kappa shape index (κ3) is 7.37. The molecule has 1 heterocycles. The lowest BCUT2D eigenvalue weighted by atomic mass is 10.0. The van der Waals surface area contributed by atoms with Crippen LogP contribution >= 0.6 is 27.3 Å². The highest BCUT2D eigenvalue weighted by Gasteiger charge is 2.24. The first-order valence-electron chi connectivity index (χ1n) is 8.71. The van der Waals surface area contributed by atoms with Crippen LogP contribution in [0.15, 0.2) is 40.3 Å². The van der Waals surface area contributed by atoms with Crippen molar-refractivity contribution in [2.75, 3.05) is 11.9 Å². The second kappa shape index (κ2) is 11.1. The Morgan fingerprint density at radius 1 is 1.19 bits per heavy atom. The van der Waals surface area contributed by atoms with E-state index in [1.807, 2.05) is 30.3 Å². The molecule has 0 aliphatic heterocycles. The molecule has 1 aromatic carbocycles. The van der Waals surface area contributed by atoms with Gasteiger partial charge in [0.05, 0.1) is 16.0 Å². The van der Waals surface area contributed by atoms with Crippen molar-refractivity contribution < 1.29 is 9.59 Å². The maximum atomic E-state index is 12.7. The molecule has 27 heavy (non-hydrogen) atoms. The number of nitrogens with two attached hydrogens (primary N) is 2. The van der Waals surface area contributed by atoms with Crippen LogP contribution in [0.4, 0.5) is 5.13 Å². The average molecular weight is 454 g/mol. The summed E-state index contributed by atoms with van der Waals surface area (Å²) < 4.78 is 0.812. The number of aryl methyl sites for hydroxylation is 1. The molecular weight excluding hydrogens is 430 g/mol. The number of hydrogen-bond donors (Lipinski definition) is 4. The molecule has 0 radical (unpaired) electrons. The lowest BCUT2D eigenvalue weighted by Crippen LogP contribution is -2.50. The number of thiazole rings is 1. The maximum absolute atomic E-state index is 12.7. The molecule has 0 saturated carbocycles. The summed E-state index contributed by atoms with van der Waals surface area (Å²) in [6, 6.07) is 8.41. The van der Waals surface area contributed by atoms with Crippen LogP contribution in [0.1, 0.15) is 24.8 Å². The molecule has 0 unspecified atom stereocenters. The van der Waals surface area contributed by atoms with Gasteiger partial charge in [-0.3, -0.25) is 9.59 Å². The van der Waals surface area contributed by atoms with Crippen molar-refractivity contribution in [2.24, 2.45) is 11.5 Å². The van der Waals surface area contributed by atoms with E-state index < -0.39 is 12.1 Å². The molecule has 0 aliphatic rings. The third-order valence-corrected chi connectivity index (χ3v) is 5.35. The number of anilines is 1. The smallest absolute Gasteiger partial charge is 0.248 e. The molecule has 6 N–H and O–H groups in total. The normalized spacial score (nSPS) is 13.0. The van der Waals surface area contributed by atoms with Gasteiger partial charge < -0.3 is 22.1 Å². The number of nitrogens with zero attached hydrogens (tertiary/aromatic N) is 1. The minimum Gasteiger partial charge on any atom is -0.343 e. The molecule has 2 amide bonds. The average Bonchev–Trinajstić information content (AvgIpc) is 3.08. The van der Waals surface area contributed by atoms with E-state index in [1.165, 1.54) is 11.3 Å². The Labute approximate surface area is 171 Å². The standard InChI is InChI=1S/C18H24BrN5O2S/c19-15-11-22-18(27-15)24-17(26)14(9-8-12-5-2-1-3-6-12)23-16(25)13(21)7-4-10-20/h1-3,5-6,11,13-14H,4,7-10,20-21H2,(H,23,25)(H,22,24,26)/t13-,14+/m0/s1. The van der Waals surface area contributed by atoms with Gasteiger partial charge in [0.2, 0.25) is 11.8 Å². The van der Waals surface area contributed by atoms with Crippen molar-refractivity contribution in [3.8, 4) is 0 Å². The van der Waals surface area contributed by atoms with E-state index >= 15 is 0 Å². The van der Waals surface area contributed by atoms with Crippen molar-refractivity contribution >= 4 is 44.2 Å². The van der Waals surface area contributed by atoms with Gasteiger partial charge >= 0.3 is 0 Å². The second-order valence-corrected chi connectivity index (χ2v) is 8.49. The number of carbonyl (C=O) groups is 2. The first-order chi connectivity index (χ1) is 13.0. The highest BCUT2D eigenvalue weighted by Crippen LogP contribution is 2.23. The van der Waals surface area contributed by atoms with Gasteiger partial charge in [-0.1, -0.05) is 41.7 Å². The van der Waals surface area contributed by atoms with Crippen molar-refractivity contribution in [3.05, 3.63) is 45.9 Å². The molecule has 2 rings (SSSR count). The molecule has 146 valence electrons. The van der Waals surface area contributed by atoms with E-state index in [9.17, 15) is 9.59 Å². The van der Waals surface area contributed by atoms with E-state index in [-0.39, 0.29) is 11.8 Å². The highest BCUT2D eigenvalue weighted by molar-refractivity contribution is 9.11. The van der Waals surface area contributed by atoms with Crippen molar-refractivity contribution in [2.45, 2.75) is 37.8 Å². The molecule has 1 aromatic heterocycles. The summed E-state index contributed by atoms with van der Waals surface area (Å²) in [7, 11) is 0. The Hall–Kier alpha value is -1.81. The first kappa shape index (κ1) is 21.5. The number of hydrogen-bond acceptors (Lipinski definition) is 6. The lowest BCUT2D eigenvalue weighted by Gasteiger charge is -2.20. The van der Waals surface area contributed by atoms with E-state index in [2.05, 4.69) is 31.5 Å². The highest BCUT2D eigenvalue weighted by atomic mass is 79.9. The number of nitrogens with one attached hydrogen (secondary N) is 2. The van der Waals surface area contributed by atoms with Gasteiger partial charge in [-0.05, 0) is 53.7 Å². The largest absolute Gasteiger partial charge is 0.343 e. The number of halogens is 1. The quantitative estimate of drug-likeness (QED) is 0.438. The fourth-order valence-corrected chi connectivity index (χ4v) is 3.59. The van der Waals surface area contributed by atoms with Crippen LogP contribution in [-0.4, -0.2) is 35.4 Å². The van der Waals surface area contributed by atoms with Crippen LogP contribution in [0.2, 0.25) is 0 Å². The Bertz CT molecular complexity index is 740. The summed E-state index contributed by atoms with van der Waals surface area (Å²) in [5, 5.41) is 5.99. The summed E-state index contributed by atoms with van der Waals surface area (Å²) in [4.78, 5) is 29.1. The van der Waals surface area contributed by atoms with Gasteiger partial charge in [-0.2, -0.15) is 0 Å². The molecule has 0 bridgehead atoms. The van der Waals surface area contributed by atoms with Crippen molar-refractivity contribution in [1.82, 2.24) is 10.3 Å². The summed E-state index contributed by atoms with van der Waals surface area (Å²) in [6.45, 7) is 0.470. The monoisotopic (exact) mass is 453 g/mol. The molecule has 7 nitrogen and oxygen atoms in total. The molecule has 0 saturated heterocycles. The topological polar surface area (TPSA) is 123 Å². The fraction of sp³-hybridized carbons (Fsp3) is 0.389. The van der Waals surface area contributed by atoms with Crippen LogP contribution in [0, 0.1) is 0 Å². The molecule has 2 aromatic rings. The summed E-state index contributed by atoms with van der Waals surface area (Å²) >= 11 is 4.62. The van der Waals surface area contributed by atoms with Crippen LogP contribution in [0.25, 0.3) is 0 Å². The van der Waals surface area contributed by atoms with Gasteiger partial charge in [0.1, 0.15) is 6.04 Å². The zero-order valence-corrected chi connectivity index (χ0v) is 17.3. The first-order valence-corrected chi connectivity index (χ1v) is 10.3. The van der Waals surface area contributed by atoms with Gasteiger partial charge in [0.15, 0.2) is 5.13 Å². The van der Waals surface area contributed by atoms with Crippen LogP contribution in [0.3, 0.4) is 0 Å². The molecule has 0 spiro atoms. The van der Waals surface area contributed by atoms with Gasteiger partial charge in [0.25, 0.3) is 0 Å². The summed E-state index contributed by atoms with van der Waals surface area (Å²) in [5.74, 6) is -0.663. The number of amides is 2. The zero-order valence-electron chi connectivity index (χ0n) is 14.9. The van der Waals surface area contributed by atoms with E-state index in [4.69, 9.17) is 11.5 Å². The Morgan fingerprint density at radius 2 is 1.93 bits per heavy atom. The van der Waals surface area contributed by atoms with Gasteiger partial charge in [-0.25, -0.2) is 4.98 Å². The minimum absolute atomic E-state index is 0.313. The lowest BCUT2D eigenvalue weighted by molar-refractivity contribution is -0.127. The second-order valence-electron chi connectivity index (χ2n) is 6.08. The minimum atomic E-state index is -0.704. The molecule has 0 fully saturated rings. The maximum Gasteiger partial charge on any atom is 0.248 e. The number of carbonyl (C=O) groups excluding carboxylic acids is 2. The Morgan fingerprint density at radius 3 is 2.56 bits per heavy atom. The van der Waals surface area contributed by atoms with Crippen molar-refractivity contribution in [3.63, 3.8) is 0 Å². The Kier molecular flexibility index (Phi) is 8.86. The van der Waals surface area contributed by atoms with Crippen LogP contribution in [0.5, 0.6) is 0 Å². The van der Waals surface area contributed by atoms with E-state index in [0.29, 0.717) is 37.4 Å². The summed E-state index contributed by atoms with van der Waals surface area (Å²) in [6.07, 6.45) is 3.86. The van der Waals surface area contributed by atoms with Crippen LogP contribution < -0.4 is 22.1 Å². The molecule has 9 heteroatoms. The van der Waals surface area contributed by atoms with Gasteiger partial charge in [0, 0.05) is 0 Å². The number of benzene rings is 1. The SMILES string of the molecule is NCCC[C@H](N)C(=O)N[C@H](CCc1ccccc1)C(=O)Nc1ncc(Br)s1. The third-order valence-electron chi connectivity index (χ3n) is 3.96. The fourth-order valence-electron chi connectivity index (χ4n) is 2.48. The van der Waals surface area contributed by atoms with E-state index in [0.717, 1.165) is 9.35 Å². The summed E-state index contributed by atoms with van der Waals surface area (Å²) in [5.41, 5.74) is 12.5. The molecule has 2 atom stereocenters. The van der Waals surface area contributed by atoms with Crippen LogP contribution in [-0.2, 0) is 16.0 Å². The number of rotatable bonds is 10. The van der Waals surface area contributed by atoms with E-state index in [1.54, 1.807) is 6.20 Å². The Balaban J connectivity index is 2.02. The predicted octanol–water partition coefficient (Wildman–Crippen LogP) is 2.03. The zero-order chi connectivity index (χ0) is 19.6. The molecular formula is C18H24BrN5O2S. The predicted molar refractivity (Wildman–Crippen MR) is 111 cm³/mol. The van der Waals surface area contributed by atoms with Gasteiger partial charge in [-0.15, -0.1) is 0 Å².